The maximum Gasteiger partial charge on any atom is 0.416 e. The van der Waals surface area contributed by atoms with Gasteiger partial charge in [0.1, 0.15) is 15.7 Å². The first-order chi connectivity index (χ1) is 15.3. The second-order valence-electron chi connectivity index (χ2n) is 6.58. The number of aryl methyl sites for hydroxylation is 1. The average molecular weight is 493 g/mol. The van der Waals surface area contributed by atoms with E-state index in [-0.39, 0.29) is 11.7 Å². The lowest BCUT2D eigenvalue weighted by molar-refractivity contribution is -0.137. The molecule has 0 saturated heterocycles. The largest absolute Gasteiger partial charge is 0.416 e. The van der Waals surface area contributed by atoms with Crippen molar-refractivity contribution in [2.45, 2.75) is 18.1 Å². The zero-order chi connectivity index (χ0) is 22.7. The Morgan fingerprint density at radius 3 is 2.50 bits per heavy atom. The Morgan fingerprint density at radius 2 is 1.88 bits per heavy atom. The van der Waals surface area contributed by atoms with E-state index in [9.17, 15) is 18.0 Å². The predicted octanol–water partition coefficient (Wildman–Crippen LogP) is 6.39. The highest BCUT2D eigenvalue weighted by atomic mass is 32.2. The molecule has 4 aromatic rings. The molecule has 0 bridgehead atoms. The van der Waals surface area contributed by atoms with Crippen molar-refractivity contribution in [1.29, 1.82) is 0 Å². The quantitative estimate of drug-likeness (QED) is 0.316. The molecular weight excluding hydrogens is 477 g/mol. The molecule has 164 valence electrons. The third-order valence-electron chi connectivity index (χ3n) is 4.25. The number of carbonyl (C=O) groups excluding carboxylic acids is 1. The molecule has 1 amide bonds. The summed E-state index contributed by atoms with van der Waals surface area (Å²) in [5.41, 5.74) is 1.12. The summed E-state index contributed by atoms with van der Waals surface area (Å²) in [4.78, 5) is 18.8. The van der Waals surface area contributed by atoms with Crippen molar-refractivity contribution in [1.82, 2.24) is 15.2 Å². The Bertz CT molecular complexity index is 1200. The Kier molecular flexibility index (Phi) is 6.58. The molecule has 0 spiro atoms. The number of thiazole rings is 1. The minimum atomic E-state index is -4.41. The number of thiophene rings is 1. The van der Waals surface area contributed by atoms with E-state index in [0.29, 0.717) is 16.4 Å². The van der Waals surface area contributed by atoms with Gasteiger partial charge in [0.15, 0.2) is 0 Å². The lowest BCUT2D eigenvalue weighted by Crippen LogP contribution is -2.14. The summed E-state index contributed by atoms with van der Waals surface area (Å²) >= 11 is 4.37. The van der Waals surface area contributed by atoms with E-state index in [1.54, 1.807) is 28.7 Å². The van der Waals surface area contributed by atoms with Crippen LogP contribution in [0.5, 0.6) is 0 Å². The van der Waals surface area contributed by atoms with Gasteiger partial charge < -0.3 is 5.32 Å². The highest BCUT2D eigenvalue weighted by Crippen LogP contribution is 2.36. The van der Waals surface area contributed by atoms with Gasteiger partial charge in [-0.2, -0.15) is 13.2 Å². The summed E-state index contributed by atoms with van der Waals surface area (Å²) in [6, 6.07) is 11.9. The molecule has 5 nitrogen and oxygen atoms in total. The molecule has 0 atom stereocenters. The predicted molar refractivity (Wildman–Crippen MR) is 122 cm³/mol. The van der Waals surface area contributed by atoms with Gasteiger partial charge in [-0.25, -0.2) is 4.98 Å². The SMILES string of the molecule is Cc1nc(-c2cccs2)sc1-c1ccc(SCC(=O)Nc2ccc(C(F)(F)F)cc2)nn1. The van der Waals surface area contributed by atoms with Gasteiger partial charge in [-0.3, -0.25) is 4.79 Å². The number of alkyl halides is 3. The first-order valence-electron chi connectivity index (χ1n) is 9.25. The summed E-state index contributed by atoms with van der Waals surface area (Å²) in [7, 11) is 0. The zero-order valence-electron chi connectivity index (χ0n) is 16.5. The van der Waals surface area contributed by atoms with Gasteiger partial charge >= 0.3 is 6.18 Å². The normalized spacial score (nSPS) is 11.5. The number of hydrogen-bond acceptors (Lipinski definition) is 7. The van der Waals surface area contributed by atoms with Crippen LogP contribution >= 0.6 is 34.4 Å². The zero-order valence-corrected chi connectivity index (χ0v) is 19.0. The van der Waals surface area contributed by atoms with Gasteiger partial charge in [0.2, 0.25) is 5.91 Å². The number of aromatic nitrogens is 3. The van der Waals surface area contributed by atoms with Crippen molar-refractivity contribution in [3.8, 4) is 20.5 Å². The van der Waals surface area contributed by atoms with Crippen molar-refractivity contribution in [3.05, 3.63) is 65.2 Å². The standard InChI is InChI=1S/C21H15F3N4OS3/c1-12-19(32-20(25-12)16-3-2-10-30-16)15-8-9-18(28-27-15)31-11-17(29)26-14-6-4-13(5-7-14)21(22,23)24/h2-10H,11H2,1H3,(H,26,29). The third-order valence-corrected chi connectivity index (χ3v) is 7.39. The average Bonchev–Trinajstić information content (AvgIpc) is 3.42. The molecular formula is C21H15F3N4OS3. The second-order valence-corrected chi connectivity index (χ2v) is 9.52. The van der Waals surface area contributed by atoms with Crippen LogP contribution in [-0.2, 0) is 11.0 Å². The van der Waals surface area contributed by atoms with Crippen LogP contribution in [0, 0.1) is 6.92 Å². The fourth-order valence-corrected chi connectivity index (χ4v) is 5.18. The number of carbonyl (C=O) groups is 1. The molecule has 0 fully saturated rings. The fourth-order valence-electron chi connectivity index (χ4n) is 2.74. The Labute approximate surface area is 193 Å². The summed E-state index contributed by atoms with van der Waals surface area (Å²) in [6.45, 7) is 1.93. The number of nitrogens with one attached hydrogen (secondary N) is 1. The van der Waals surface area contributed by atoms with Crippen molar-refractivity contribution in [2.75, 3.05) is 11.1 Å². The number of hydrogen-bond donors (Lipinski definition) is 1. The number of thioether (sulfide) groups is 1. The smallest absolute Gasteiger partial charge is 0.325 e. The summed E-state index contributed by atoms with van der Waals surface area (Å²) in [6.07, 6.45) is -4.41. The van der Waals surface area contributed by atoms with Crippen LogP contribution in [0.3, 0.4) is 0 Å². The van der Waals surface area contributed by atoms with Gasteiger partial charge in [0.05, 0.1) is 26.8 Å². The van der Waals surface area contributed by atoms with Gasteiger partial charge in [-0.15, -0.1) is 32.9 Å². The van der Waals surface area contributed by atoms with E-state index in [1.165, 1.54) is 23.9 Å². The molecule has 11 heteroatoms. The number of halogens is 3. The summed E-state index contributed by atoms with van der Waals surface area (Å²) in [5, 5.41) is 14.5. The molecule has 0 aliphatic heterocycles. The molecule has 1 aromatic carbocycles. The monoisotopic (exact) mass is 492 g/mol. The van der Waals surface area contributed by atoms with Crippen molar-refractivity contribution < 1.29 is 18.0 Å². The molecule has 3 heterocycles. The highest BCUT2D eigenvalue weighted by Gasteiger charge is 2.30. The second kappa shape index (κ2) is 9.39. The van der Waals surface area contributed by atoms with Crippen LogP contribution in [0.1, 0.15) is 11.3 Å². The Hall–Kier alpha value is -2.76. The molecule has 1 N–H and O–H groups in total. The fraction of sp³-hybridized carbons (Fsp3) is 0.143. The van der Waals surface area contributed by atoms with E-state index in [4.69, 9.17) is 0 Å². The summed E-state index contributed by atoms with van der Waals surface area (Å²) in [5.74, 6) is -0.295. The maximum atomic E-state index is 12.6. The minimum absolute atomic E-state index is 0.0527. The van der Waals surface area contributed by atoms with Gasteiger partial charge in [-0.1, -0.05) is 17.8 Å². The summed E-state index contributed by atoms with van der Waals surface area (Å²) < 4.78 is 37.8. The molecule has 0 unspecified atom stereocenters. The van der Waals surface area contributed by atoms with Crippen molar-refractivity contribution in [2.24, 2.45) is 0 Å². The van der Waals surface area contributed by atoms with E-state index < -0.39 is 11.7 Å². The van der Waals surface area contributed by atoms with E-state index >= 15 is 0 Å². The third kappa shape index (κ3) is 5.34. The molecule has 0 aliphatic carbocycles. The Balaban J connectivity index is 1.35. The van der Waals surface area contributed by atoms with Crippen LogP contribution in [0.15, 0.2) is 58.9 Å². The topological polar surface area (TPSA) is 67.8 Å². The highest BCUT2D eigenvalue weighted by molar-refractivity contribution is 7.99. The van der Waals surface area contributed by atoms with E-state index in [1.807, 2.05) is 30.5 Å². The molecule has 4 rings (SSSR count). The number of amides is 1. The number of benzene rings is 1. The van der Waals surface area contributed by atoms with Crippen molar-refractivity contribution in [3.63, 3.8) is 0 Å². The molecule has 0 aliphatic rings. The van der Waals surface area contributed by atoms with Gasteiger partial charge in [0.25, 0.3) is 0 Å². The van der Waals surface area contributed by atoms with Crippen LogP contribution in [0.25, 0.3) is 20.5 Å². The lowest BCUT2D eigenvalue weighted by Gasteiger charge is -2.08. The molecule has 0 radical (unpaired) electrons. The minimum Gasteiger partial charge on any atom is -0.325 e. The lowest BCUT2D eigenvalue weighted by atomic mass is 10.2. The molecule has 3 aromatic heterocycles. The van der Waals surface area contributed by atoms with E-state index in [2.05, 4.69) is 20.5 Å². The van der Waals surface area contributed by atoms with E-state index in [0.717, 1.165) is 32.6 Å². The van der Waals surface area contributed by atoms with Crippen LogP contribution < -0.4 is 5.32 Å². The molecule has 32 heavy (non-hydrogen) atoms. The molecule has 0 saturated carbocycles. The first-order valence-corrected chi connectivity index (χ1v) is 11.9. The van der Waals surface area contributed by atoms with Crippen molar-refractivity contribution >= 4 is 46.0 Å². The van der Waals surface area contributed by atoms with Crippen LogP contribution in [0.4, 0.5) is 18.9 Å². The Morgan fingerprint density at radius 1 is 1.09 bits per heavy atom. The van der Waals surface area contributed by atoms with Crippen LogP contribution in [-0.4, -0.2) is 26.8 Å². The number of rotatable bonds is 6. The first kappa shape index (κ1) is 22.4. The maximum absolute atomic E-state index is 12.6. The number of anilines is 1. The van der Waals surface area contributed by atoms with Gasteiger partial charge in [0, 0.05) is 5.69 Å². The van der Waals surface area contributed by atoms with Crippen LogP contribution in [0.2, 0.25) is 0 Å². The van der Waals surface area contributed by atoms with Gasteiger partial charge in [-0.05, 0) is 54.8 Å². The number of nitrogens with zero attached hydrogens (tertiary/aromatic N) is 3.